The first-order valence-electron chi connectivity index (χ1n) is 7.00. The number of ether oxygens (including phenoxy) is 2. The van der Waals surface area contributed by atoms with Crippen LogP contribution in [-0.4, -0.2) is 33.1 Å². The summed E-state index contributed by atoms with van der Waals surface area (Å²) in [6.45, 7) is 0. The van der Waals surface area contributed by atoms with Crippen molar-refractivity contribution in [1.82, 2.24) is 18.9 Å². The fraction of sp³-hybridized carbons (Fsp3) is 0.133. The molecule has 4 heterocycles. The van der Waals surface area contributed by atoms with Crippen LogP contribution in [0.2, 0.25) is 5.15 Å². The predicted molar refractivity (Wildman–Crippen MR) is 98.4 cm³/mol. The van der Waals surface area contributed by atoms with Crippen molar-refractivity contribution in [3.8, 4) is 22.8 Å². The zero-order valence-electron chi connectivity index (χ0n) is 13.0. The molecule has 0 atom stereocenters. The van der Waals surface area contributed by atoms with Gasteiger partial charge in [-0.05, 0) is 12.1 Å². The molecule has 0 aliphatic carbocycles. The molecule has 128 valence electrons. The molecule has 0 amide bonds. The van der Waals surface area contributed by atoms with Crippen LogP contribution in [0.25, 0.3) is 32.5 Å². The maximum Gasteiger partial charge on any atom is 0.227 e. The molecular formula is C15H10ClFN4O2S2. The smallest absolute Gasteiger partial charge is 0.227 e. The zero-order chi connectivity index (χ0) is 17.6. The summed E-state index contributed by atoms with van der Waals surface area (Å²) in [6, 6.07) is 3.43. The van der Waals surface area contributed by atoms with Crippen LogP contribution in [0.1, 0.15) is 0 Å². The highest BCUT2D eigenvalue weighted by Gasteiger charge is 2.24. The molecule has 0 saturated carbocycles. The van der Waals surface area contributed by atoms with Gasteiger partial charge in [0.15, 0.2) is 29.4 Å². The number of halogens is 2. The van der Waals surface area contributed by atoms with Crippen LogP contribution in [-0.2, 0) is 0 Å². The molecule has 4 rings (SSSR count). The molecule has 0 aromatic carbocycles. The maximum absolute atomic E-state index is 13.4. The maximum atomic E-state index is 13.4. The minimum absolute atomic E-state index is 0.0384. The SMILES string of the molecule is COc1nc2ncsc2c(OC)c1-c1cn(SF)c2nc(Cl)ccc12. The van der Waals surface area contributed by atoms with E-state index in [4.69, 9.17) is 21.1 Å². The van der Waals surface area contributed by atoms with Crippen molar-refractivity contribution in [2.75, 3.05) is 14.2 Å². The number of fused-ring (bicyclic) bond motifs is 2. The van der Waals surface area contributed by atoms with E-state index in [-0.39, 0.29) is 17.5 Å². The highest BCUT2D eigenvalue weighted by molar-refractivity contribution is 7.92. The highest BCUT2D eigenvalue weighted by atomic mass is 35.5. The van der Waals surface area contributed by atoms with Crippen molar-refractivity contribution >= 4 is 56.7 Å². The van der Waals surface area contributed by atoms with Crippen molar-refractivity contribution < 1.29 is 13.4 Å². The lowest BCUT2D eigenvalue weighted by Crippen LogP contribution is -1.96. The van der Waals surface area contributed by atoms with Gasteiger partial charge in [-0.15, -0.1) is 15.2 Å². The summed E-state index contributed by atoms with van der Waals surface area (Å²) in [4.78, 5) is 12.9. The lowest BCUT2D eigenvalue weighted by molar-refractivity contribution is 0.389. The number of pyridine rings is 2. The summed E-state index contributed by atoms with van der Waals surface area (Å²) in [5.41, 5.74) is 3.92. The molecule has 10 heteroatoms. The van der Waals surface area contributed by atoms with Crippen LogP contribution < -0.4 is 9.47 Å². The van der Waals surface area contributed by atoms with Crippen molar-refractivity contribution in [3.05, 3.63) is 29.0 Å². The summed E-state index contributed by atoms with van der Waals surface area (Å²) in [5.74, 6) is 0.912. The minimum atomic E-state index is 0.0384. The molecule has 0 aliphatic rings. The third kappa shape index (κ3) is 2.50. The van der Waals surface area contributed by atoms with Crippen molar-refractivity contribution in [2.24, 2.45) is 0 Å². The summed E-state index contributed by atoms with van der Waals surface area (Å²) in [5, 5.41) is 0.985. The second-order valence-electron chi connectivity index (χ2n) is 4.98. The van der Waals surface area contributed by atoms with E-state index < -0.39 is 0 Å². The van der Waals surface area contributed by atoms with Gasteiger partial charge < -0.3 is 9.47 Å². The number of nitrogens with zero attached hydrogens (tertiary/aromatic N) is 4. The van der Waals surface area contributed by atoms with Gasteiger partial charge in [-0.2, -0.15) is 4.98 Å². The lowest BCUT2D eigenvalue weighted by atomic mass is 10.1. The van der Waals surface area contributed by atoms with Crippen molar-refractivity contribution in [2.45, 2.75) is 0 Å². The first kappa shape index (κ1) is 16.4. The molecule has 4 aromatic heterocycles. The Hall–Kier alpha value is -2.10. The van der Waals surface area contributed by atoms with E-state index in [2.05, 4.69) is 15.0 Å². The van der Waals surface area contributed by atoms with Crippen LogP contribution in [0, 0.1) is 0 Å². The normalized spacial score (nSPS) is 11.4. The topological polar surface area (TPSA) is 62.1 Å². The quantitative estimate of drug-likeness (QED) is 0.463. The Kier molecular flexibility index (Phi) is 4.14. The van der Waals surface area contributed by atoms with E-state index in [0.717, 1.165) is 4.70 Å². The molecule has 4 aromatic rings. The lowest BCUT2D eigenvalue weighted by Gasteiger charge is -2.12. The van der Waals surface area contributed by atoms with Crippen LogP contribution in [0.15, 0.2) is 23.8 Å². The largest absolute Gasteiger partial charge is 0.494 e. The van der Waals surface area contributed by atoms with Gasteiger partial charge in [0.2, 0.25) is 5.88 Å². The predicted octanol–water partition coefficient (Wildman–Crippen LogP) is 4.76. The Balaban J connectivity index is 2.13. The second-order valence-corrected chi connectivity index (χ2v) is 6.75. The Morgan fingerprint density at radius 1 is 1.24 bits per heavy atom. The number of rotatable bonds is 4. The van der Waals surface area contributed by atoms with Gasteiger partial charge in [-0.3, -0.25) is 0 Å². The van der Waals surface area contributed by atoms with Gasteiger partial charge in [-0.25, -0.2) is 13.9 Å². The van der Waals surface area contributed by atoms with E-state index in [9.17, 15) is 3.89 Å². The molecule has 0 spiro atoms. The first-order valence-corrected chi connectivity index (χ1v) is 8.93. The summed E-state index contributed by atoms with van der Waals surface area (Å²) in [7, 11) is 3.08. The van der Waals surface area contributed by atoms with Gasteiger partial charge in [0, 0.05) is 17.1 Å². The van der Waals surface area contributed by atoms with E-state index in [0.29, 0.717) is 39.4 Å². The molecule has 0 radical (unpaired) electrons. The molecule has 0 unspecified atom stereocenters. The molecule has 0 saturated heterocycles. The third-order valence-corrected chi connectivity index (χ3v) is 5.18. The standard InChI is InChI=1S/C15H10ClFN4O2S2/c1-22-11-10(15(23-2)20-13-12(11)24-6-18-13)8-5-21(25-17)14-7(8)3-4-9(16)19-14/h3-6H,1-2H3. The van der Waals surface area contributed by atoms with Crippen LogP contribution in [0.3, 0.4) is 0 Å². The molecule has 0 fully saturated rings. The molecule has 0 aliphatic heterocycles. The zero-order valence-corrected chi connectivity index (χ0v) is 15.4. The summed E-state index contributed by atoms with van der Waals surface area (Å²) >= 11 is 7.41. The van der Waals surface area contributed by atoms with Crippen LogP contribution in [0.4, 0.5) is 3.89 Å². The van der Waals surface area contributed by atoms with Crippen LogP contribution in [0.5, 0.6) is 11.6 Å². The van der Waals surface area contributed by atoms with Crippen LogP contribution >= 0.6 is 35.3 Å². The molecule has 0 bridgehead atoms. The average Bonchev–Trinajstić information content (AvgIpc) is 3.23. The summed E-state index contributed by atoms with van der Waals surface area (Å²) < 4.78 is 26.6. The number of hydrogen-bond acceptors (Lipinski definition) is 7. The van der Waals surface area contributed by atoms with E-state index in [1.165, 1.54) is 22.4 Å². The molecule has 25 heavy (non-hydrogen) atoms. The Labute approximate surface area is 155 Å². The number of thiazole rings is 1. The number of hydrogen-bond donors (Lipinski definition) is 0. The molecule has 6 nitrogen and oxygen atoms in total. The third-order valence-electron chi connectivity index (χ3n) is 3.73. The molecular weight excluding hydrogens is 387 g/mol. The average molecular weight is 397 g/mol. The molecule has 0 N–H and O–H groups in total. The highest BCUT2D eigenvalue weighted by Crippen LogP contribution is 2.46. The van der Waals surface area contributed by atoms with Gasteiger partial charge in [0.1, 0.15) is 9.85 Å². The van der Waals surface area contributed by atoms with Gasteiger partial charge >= 0.3 is 0 Å². The monoisotopic (exact) mass is 396 g/mol. The Morgan fingerprint density at radius 3 is 2.80 bits per heavy atom. The van der Waals surface area contributed by atoms with Gasteiger partial charge in [-0.1, -0.05) is 11.6 Å². The van der Waals surface area contributed by atoms with E-state index >= 15 is 0 Å². The van der Waals surface area contributed by atoms with Crippen molar-refractivity contribution in [1.29, 1.82) is 0 Å². The van der Waals surface area contributed by atoms with Crippen molar-refractivity contribution in [3.63, 3.8) is 0 Å². The fourth-order valence-corrected chi connectivity index (χ4v) is 3.97. The summed E-state index contributed by atoms with van der Waals surface area (Å²) in [6.07, 6.45) is 1.62. The first-order chi connectivity index (χ1) is 12.2. The fourth-order valence-electron chi connectivity index (χ4n) is 2.72. The number of methoxy groups -OCH3 is 2. The van der Waals surface area contributed by atoms with E-state index in [1.54, 1.807) is 30.9 Å². The minimum Gasteiger partial charge on any atom is -0.494 e. The van der Waals surface area contributed by atoms with E-state index in [1.807, 2.05) is 0 Å². The van der Waals surface area contributed by atoms with Gasteiger partial charge in [0.05, 0.1) is 25.3 Å². The Morgan fingerprint density at radius 2 is 2.08 bits per heavy atom. The second kappa shape index (κ2) is 6.32. The van der Waals surface area contributed by atoms with Gasteiger partial charge in [0.25, 0.3) is 0 Å². The number of aromatic nitrogens is 4. The Bertz CT molecular complexity index is 1100.